The zero-order valence-electron chi connectivity index (χ0n) is 13.1. The van der Waals surface area contributed by atoms with Gasteiger partial charge >= 0.3 is 0 Å². The highest BCUT2D eigenvalue weighted by atomic mass is 16.2. The summed E-state index contributed by atoms with van der Waals surface area (Å²) in [5, 5.41) is 0. The van der Waals surface area contributed by atoms with Crippen molar-refractivity contribution in [2.45, 2.75) is 26.4 Å². The third-order valence-electron chi connectivity index (χ3n) is 3.69. The normalized spacial score (nSPS) is 11.7. The molecule has 0 fully saturated rings. The first-order chi connectivity index (χ1) is 10.7. The summed E-state index contributed by atoms with van der Waals surface area (Å²) >= 11 is 0. The number of nitrogens with zero attached hydrogens (tertiary/aromatic N) is 1. The number of allylic oxidation sites excluding steroid dienone is 1. The van der Waals surface area contributed by atoms with Gasteiger partial charge in [-0.25, -0.2) is 0 Å². The maximum atomic E-state index is 12.7. The molecule has 0 aliphatic rings. The molecule has 0 N–H and O–H groups in total. The molecule has 114 valence electrons. The first kappa shape index (κ1) is 16.0. The zero-order valence-corrected chi connectivity index (χ0v) is 13.1. The van der Waals surface area contributed by atoms with Gasteiger partial charge in [0.25, 0.3) is 0 Å². The molecule has 0 aliphatic carbocycles. The molecule has 0 unspecified atom stereocenters. The first-order valence-electron chi connectivity index (χ1n) is 7.68. The number of amides is 1. The van der Waals surface area contributed by atoms with Gasteiger partial charge in [0.15, 0.2) is 0 Å². The lowest BCUT2D eigenvalue weighted by Crippen LogP contribution is -2.34. The van der Waals surface area contributed by atoms with Crippen LogP contribution in [0.5, 0.6) is 0 Å². The average molecular weight is 293 g/mol. The molecule has 0 bridgehead atoms. The molecule has 2 nitrogen and oxygen atoms in total. The molecule has 0 spiro atoms. The van der Waals surface area contributed by atoms with E-state index in [1.807, 2.05) is 54.3 Å². The quantitative estimate of drug-likeness (QED) is 0.692. The highest BCUT2D eigenvalue weighted by Gasteiger charge is 2.20. The average Bonchev–Trinajstić information content (AvgIpc) is 2.56. The molecular formula is C20H23NO. The minimum Gasteiger partial charge on any atom is -0.334 e. The van der Waals surface area contributed by atoms with Gasteiger partial charge in [-0.2, -0.15) is 0 Å². The van der Waals surface area contributed by atoms with Crippen molar-refractivity contribution < 1.29 is 4.79 Å². The van der Waals surface area contributed by atoms with Gasteiger partial charge in [-0.3, -0.25) is 4.79 Å². The van der Waals surface area contributed by atoms with Crippen LogP contribution in [0.25, 0.3) is 0 Å². The van der Waals surface area contributed by atoms with Gasteiger partial charge in [-0.15, -0.1) is 6.58 Å². The van der Waals surface area contributed by atoms with Crippen molar-refractivity contribution >= 4 is 5.91 Å². The number of rotatable bonds is 7. The van der Waals surface area contributed by atoms with E-state index in [9.17, 15) is 4.79 Å². The Labute approximate surface area is 133 Å². The van der Waals surface area contributed by atoms with Gasteiger partial charge in [0.2, 0.25) is 5.91 Å². The third kappa shape index (κ3) is 4.59. The molecule has 0 saturated heterocycles. The van der Waals surface area contributed by atoms with E-state index in [-0.39, 0.29) is 11.8 Å². The Morgan fingerprint density at radius 3 is 1.86 bits per heavy atom. The van der Waals surface area contributed by atoms with Gasteiger partial charge < -0.3 is 4.90 Å². The molecular weight excluding hydrogens is 270 g/mol. The summed E-state index contributed by atoms with van der Waals surface area (Å²) in [6.07, 6.45) is 2.52. The fourth-order valence-corrected chi connectivity index (χ4v) is 2.48. The zero-order chi connectivity index (χ0) is 15.8. The van der Waals surface area contributed by atoms with Crippen LogP contribution in [0.4, 0.5) is 0 Å². The first-order valence-corrected chi connectivity index (χ1v) is 7.68. The van der Waals surface area contributed by atoms with Gasteiger partial charge in [0.1, 0.15) is 0 Å². The van der Waals surface area contributed by atoms with Crippen molar-refractivity contribution in [2.75, 3.05) is 0 Å². The lowest BCUT2D eigenvalue weighted by molar-refractivity contribution is -0.136. The lowest BCUT2D eigenvalue weighted by atomic mass is 10.0. The maximum absolute atomic E-state index is 12.7. The summed E-state index contributed by atoms with van der Waals surface area (Å²) in [5.74, 6) is 0.137. The van der Waals surface area contributed by atoms with Crippen LogP contribution in [-0.2, 0) is 17.9 Å². The summed E-state index contributed by atoms with van der Waals surface area (Å²) in [6.45, 7) is 6.97. The van der Waals surface area contributed by atoms with E-state index in [0.29, 0.717) is 19.5 Å². The number of benzene rings is 2. The summed E-state index contributed by atoms with van der Waals surface area (Å²) in [4.78, 5) is 14.6. The molecule has 0 radical (unpaired) electrons. The number of carbonyl (C=O) groups excluding carboxylic acids is 1. The van der Waals surface area contributed by atoms with Crippen LogP contribution in [-0.4, -0.2) is 10.8 Å². The van der Waals surface area contributed by atoms with Gasteiger partial charge in [-0.1, -0.05) is 73.7 Å². The maximum Gasteiger partial charge on any atom is 0.226 e. The van der Waals surface area contributed by atoms with Crippen molar-refractivity contribution in [2.24, 2.45) is 5.92 Å². The fraction of sp³-hybridized carbons (Fsp3) is 0.250. The fourth-order valence-electron chi connectivity index (χ4n) is 2.48. The Bertz CT molecular complexity index is 550. The van der Waals surface area contributed by atoms with Gasteiger partial charge in [0, 0.05) is 19.0 Å². The second-order valence-electron chi connectivity index (χ2n) is 5.59. The number of hydrogen-bond donors (Lipinski definition) is 0. The molecule has 2 aromatic rings. The predicted octanol–water partition coefficient (Wildman–Crippen LogP) is 4.43. The lowest BCUT2D eigenvalue weighted by Gasteiger charge is -2.26. The molecule has 1 amide bonds. The van der Waals surface area contributed by atoms with Gasteiger partial charge in [-0.05, 0) is 17.5 Å². The highest BCUT2D eigenvalue weighted by molar-refractivity contribution is 5.78. The topological polar surface area (TPSA) is 20.3 Å². The van der Waals surface area contributed by atoms with E-state index in [1.165, 1.54) is 0 Å². The van der Waals surface area contributed by atoms with E-state index in [1.54, 1.807) is 0 Å². The largest absolute Gasteiger partial charge is 0.334 e. The number of hydrogen-bond acceptors (Lipinski definition) is 1. The molecule has 22 heavy (non-hydrogen) atoms. The Hall–Kier alpha value is -2.35. The predicted molar refractivity (Wildman–Crippen MR) is 91.1 cm³/mol. The number of carbonyl (C=O) groups is 1. The van der Waals surface area contributed by atoms with Crippen molar-refractivity contribution in [3.05, 3.63) is 84.4 Å². The summed E-state index contributed by atoms with van der Waals surface area (Å²) < 4.78 is 0. The van der Waals surface area contributed by atoms with Crippen molar-refractivity contribution in [1.29, 1.82) is 0 Å². The highest BCUT2D eigenvalue weighted by Crippen LogP contribution is 2.15. The standard InChI is InChI=1S/C20H23NO/c1-3-10-17(2)20(22)21(15-18-11-6-4-7-12-18)16-19-13-8-5-9-14-19/h3-9,11-14,17H,1,10,15-16H2,2H3/t17-/m1/s1. The third-order valence-corrected chi connectivity index (χ3v) is 3.69. The van der Waals surface area contributed by atoms with E-state index < -0.39 is 0 Å². The van der Waals surface area contributed by atoms with Crippen LogP contribution in [0, 0.1) is 5.92 Å². The summed E-state index contributed by atoms with van der Waals surface area (Å²) in [6, 6.07) is 20.3. The van der Waals surface area contributed by atoms with Crippen LogP contribution in [0.15, 0.2) is 73.3 Å². The molecule has 0 aromatic heterocycles. The monoisotopic (exact) mass is 293 g/mol. The SMILES string of the molecule is C=CC[C@@H](C)C(=O)N(Cc1ccccc1)Cc1ccccc1. The molecule has 0 aliphatic heterocycles. The molecule has 0 heterocycles. The molecule has 2 heteroatoms. The van der Waals surface area contributed by atoms with Crippen molar-refractivity contribution in [1.82, 2.24) is 4.90 Å². The van der Waals surface area contributed by atoms with Gasteiger partial charge in [0.05, 0.1) is 0 Å². The molecule has 0 saturated carbocycles. The van der Waals surface area contributed by atoms with Crippen LogP contribution in [0.2, 0.25) is 0 Å². The van der Waals surface area contributed by atoms with E-state index in [0.717, 1.165) is 11.1 Å². The Morgan fingerprint density at radius 2 is 1.45 bits per heavy atom. The van der Waals surface area contributed by atoms with Crippen molar-refractivity contribution in [3.8, 4) is 0 Å². The van der Waals surface area contributed by atoms with Crippen LogP contribution >= 0.6 is 0 Å². The Morgan fingerprint density at radius 1 is 1.00 bits per heavy atom. The van der Waals surface area contributed by atoms with E-state index in [2.05, 4.69) is 30.8 Å². The Balaban J connectivity index is 2.16. The minimum absolute atomic E-state index is 0.0371. The molecule has 1 atom stereocenters. The minimum atomic E-state index is -0.0371. The second kappa shape index (κ2) is 8.18. The molecule has 2 rings (SSSR count). The van der Waals surface area contributed by atoms with Crippen LogP contribution in [0.1, 0.15) is 24.5 Å². The van der Waals surface area contributed by atoms with E-state index in [4.69, 9.17) is 0 Å². The second-order valence-corrected chi connectivity index (χ2v) is 5.59. The summed E-state index contributed by atoms with van der Waals surface area (Å²) in [7, 11) is 0. The smallest absolute Gasteiger partial charge is 0.226 e. The van der Waals surface area contributed by atoms with Crippen LogP contribution in [0.3, 0.4) is 0 Å². The van der Waals surface area contributed by atoms with Crippen molar-refractivity contribution in [3.63, 3.8) is 0 Å². The molecule has 2 aromatic carbocycles. The Kier molecular flexibility index (Phi) is 5.96. The van der Waals surface area contributed by atoms with E-state index >= 15 is 0 Å². The van der Waals surface area contributed by atoms with Crippen LogP contribution < -0.4 is 0 Å². The summed E-state index contributed by atoms with van der Waals surface area (Å²) in [5.41, 5.74) is 2.30.